The highest BCUT2D eigenvalue weighted by Crippen LogP contribution is 2.17. The Bertz CT molecular complexity index is 265. The number of alkyl carbamates (subject to hydrolysis) is 1. The van der Waals surface area contributed by atoms with Crippen LogP contribution in [0.4, 0.5) is 4.79 Å². The van der Waals surface area contributed by atoms with Gasteiger partial charge >= 0.3 is 6.09 Å². The molecule has 1 aliphatic heterocycles. The predicted octanol–water partition coefficient (Wildman–Crippen LogP) is 2.20. The molecular formula is C11H19NO3. The standard InChI is InChI=1S/C11H19NO3/c1-5-9-6-8(7-14-9)12-10(13)15-11(2,3)4/h5,8H,6-7H2,1-4H3,(H,12,13)/b9-5+. The van der Waals surface area contributed by atoms with E-state index in [0.717, 1.165) is 12.2 Å². The molecule has 1 saturated heterocycles. The molecule has 0 radical (unpaired) electrons. The molecule has 4 nitrogen and oxygen atoms in total. The van der Waals surface area contributed by atoms with Crippen LogP contribution in [0.1, 0.15) is 34.1 Å². The average molecular weight is 213 g/mol. The lowest BCUT2D eigenvalue weighted by molar-refractivity contribution is 0.0499. The first kappa shape index (κ1) is 11.9. The number of amides is 1. The third-order valence-electron chi connectivity index (χ3n) is 1.96. The fourth-order valence-corrected chi connectivity index (χ4v) is 1.34. The molecule has 15 heavy (non-hydrogen) atoms. The Kier molecular flexibility index (Phi) is 3.61. The molecule has 1 fully saturated rings. The van der Waals surface area contributed by atoms with E-state index in [1.54, 1.807) is 0 Å². The molecule has 86 valence electrons. The molecule has 4 heteroatoms. The number of hydrogen-bond acceptors (Lipinski definition) is 3. The Morgan fingerprint density at radius 3 is 2.73 bits per heavy atom. The van der Waals surface area contributed by atoms with Gasteiger partial charge in [-0.1, -0.05) is 0 Å². The smallest absolute Gasteiger partial charge is 0.408 e. The molecule has 1 unspecified atom stereocenters. The highest BCUT2D eigenvalue weighted by atomic mass is 16.6. The highest BCUT2D eigenvalue weighted by Gasteiger charge is 2.24. The van der Waals surface area contributed by atoms with Gasteiger partial charge < -0.3 is 14.8 Å². The SMILES string of the molecule is C/C=C1\CC(NC(=O)OC(C)(C)C)CO1. The summed E-state index contributed by atoms with van der Waals surface area (Å²) < 4.78 is 10.5. The minimum atomic E-state index is -0.451. The van der Waals surface area contributed by atoms with E-state index >= 15 is 0 Å². The van der Waals surface area contributed by atoms with Crippen molar-refractivity contribution < 1.29 is 14.3 Å². The maximum atomic E-state index is 11.4. The fraction of sp³-hybridized carbons (Fsp3) is 0.727. The van der Waals surface area contributed by atoms with Gasteiger partial charge in [-0.2, -0.15) is 0 Å². The van der Waals surface area contributed by atoms with E-state index in [1.807, 2.05) is 33.8 Å². The van der Waals surface area contributed by atoms with Crippen LogP contribution in [0.5, 0.6) is 0 Å². The first-order valence-electron chi connectivity index (χ1n) is 5.18. The zero-order chi connectivity index (χ0) is 11.5. The molecule has 0 aromatic carbocycles. The van der Waals surface area contributed by atoms with Crippen LogP contribution < -0.4 is 5.32 Å². The molecule has 1 N–H and O–H groups in total. The molecular weight excluding hydrogens is 194 g/mol. The topological polar surface area (TPSA) is 47.6 Å². The average Bonchev–Trinajstić information content (AvgIpc) is 2.48. The van der Waals surface area contributed by atoms with Gasteiger partial charge in [0.15, 0.2) is 0 Å². The predicted molar refractivity (Wildman–Crippen MR) is 57.5 cm³/mol. The zero-order valence-corrected chi connectivity index (χ0v) is 9.79. The molecule has 1 amide bonds. The van der Waals surface area contributed by atoms with Gasteiger partial charge in [0.05, 0.1) is 11.8 Å². The summed E-state index contributed by atoms with van der Waals surface area (Å²) >= 11 is 0. The van der Waals surface area contributed by atoms with Crippen molar-refractivity contribution in [1.29, 1.82) is 0 Å². The van der Waals surface area contributed by atoms with Crippen LogP contribution in [0.2, 0.25) is 0 Å². The van der Waals surface area contributed by atoms with Crippen molar-refractivity contribution in [2.45, 2.75) is 45.8 Å². The van der Waals surface area contributed by atoms with Gasteiger partial charge in [0.25, 0.3) is 0 Å². The summed E-state index contributed by atoms with van der Waals surface area (Å²) in [6, 6.07) is 0.0334. The van der Waals surface area contributed by atoms with Crippen molar-refractivity contribution in [3.8, 4) is 0 Å². The number of nitrogens with one attached hydrogen (secondary N) is 1. The van der Waals surface area contributed by atoms with Crippen LogP contribution in [0.3, 0.4) is 0 Å². The lowest BCUT2D eigenvalue weighted by Crippen LogP contribution is -2.39. The second kappa shape index (κ2) is 4.55. The van der Waals surface area contributed by atoms with Gasteiger partial charge in [-0.15, -0.1) is 0 Å². The van der Waals surface area contributed by atoms with Crippen LogP contribution in [-0.2, 0) is 9.47 Å². The molecule has 1 heterocycles. The summed E-state index contributed by atoms with van der Waals surface area (Å²) in [4.78, 5) is 11.4. The molecule has 0 bridgehead atoms. The van der Waals surface area contributed by atoms with Crippen LogP contribution >= 0.6 is 0 Å². The van der Waals surface area contributed by atoms with Crippen LogP contribution in [0.15, 0.2) is 11.8 Å². The van der Waals surface area contributed by atoms with E-state index in [0.29, 0.717) is 6.61 Å². The second-order valence-electron chi connectivity index (χ2n) is 4.61. The maximum absolute atomic E-state index is 11.4. The van der Waals surface area contributed by atoms with Gasteiger partial charge in [0.2, 0.25) is 0 Å². The van der Waals surface area contributed by atoms with Crippen molar-refractivity contribution in [1.82, 2.24) is 5.32 Å². The Hall–Kier alpha value is -1.19. The van der Waals surface area contributed by atoms with Crippen molar-refractivity contribution in [3.05, 3.63) is 11.8 Å². The Labute approximate surface area is 90.6 Å². The van der Waals surface area contributed by atoms with Crippen LogP contribution in [0.25, 0.3) is 0 Å². The summed E-state index contributed by atoms with van der Waals surface area (Å²) in [5.41, 5.74) is -0.451. The van der Waals surface area contributed by atoms with Crippen LogP contribution in [-0.4, -0.2) is 24.3 Å². The normalized spacial score (nSPS) is 23.7. The number of ether oxygens (including phenoxy) is 2. The van der Waals surface area contributed by atoms with Gasteiger partial charge in [-0.05, 0) is 33.8 Å². The largest absolute Gasteiger partial charge is 0.496 e. The number of rotatable bonds is 1. The number of hydrogen-bond donors (Lipinski definition) is 1. The molecule has 1 rings (SSSR count). The number of allylic oxidation sites excluding steroid dienone is 1. The molecule has 0 aromatic heterocycles. The quantitative estimate of drug-likeness (QED) is 0.726. The Morgan fingerprint density at radius 2 is 2.27 bits per heavy atom. The van der Waals surface area contributed by atoms with E-state index in [4.69, 9.17) is 9.47 Å². The van der Waals surface area contributed by atoms with E-state index < -0.39 is 5.60 Å². The summed E-state index contributed by atoms with van der Waals surface area (Å²) in [7, 11) is 0. The van der Waals surface area contributed by atoms with Crippen molar-refractivity contribution in [2.24, 2.45) is 0 Å². The molecule has 1 aliphatic rings. The summed E-state index contributed by atoms with van der Waals surface area (Å²) in [6.45, 7) is 7.98. The van der Waals surface area contributed by atoms with Crippen molar-refractivity contribution >= 4 is 6.09 Å². The van der Waals surface area contributed by atoms with E-state index in [-0.39, 0.29) is 12.1 Å². The van der Waals surface area contributed by atoms with Gasteiger partial charge in [-0.3, -0.25) is 0 Å². The summed E-state index contributed by atoms with van der Waals surface area (Å²) in [5.74, 6) is 0.927. The molecule has 0 aromatic rings. The second-order valence-corrected chi connectivity index (χ2v) is 4.61. The van der Waals surface area contributed by atoms with E-state index in [9.17, 15) is 4.79 Å². The minimum Gasteiger partial charge on any atom is -0.496 e. The highest BCUT2D eigenvalue weighted by molar-refractivity contribution is 5.68. The Morgan fingerprint density at radius 1 is 1.60 bits per heavy atom. The molecule has 0 saturated carbocycles. The third-order valence-corrected chi connectivity index (χ3v) is 1.96. The van der Waals surface area contributed by atoms with E-state index in [2.05, 4.69) is 5.32 Å². The molecule has 1 atom stereocenters. The first-order valence-corrected chi connectivity index (χ1v) is 5.18. The minimum absolute atomic E-state index is 0.0334. The number of carbonyl (C=O) groups excluding carboxylic acids is 1. The molecule has 0 aliphatic carbocycles. The van der Waals surface area contributed by atoms with Crippen molar-refractivity contribution in [3.63, 3.8) is 0 Å². The van der Waals surface area contributed by atoms with Gasteiger partial charge in [0.1, 0.15) is 12.2 Å². The van der Waals surface area contributed by atoms with E-state index in [1.165, 1.54) is 0 Å². The first-order chi connectivity index (χ1) is 6.90. The summed E-state index contributed by atoms with van der Waals surface area (Å²) in [6.07, 6.45) is 2.28. The van der Waals surface area contributed by atoms with Crippen LogP contribution in [0, 0.1) is 0 Å². The zero-order valence-electron chi connectivity index (χ0n) is 9.79. The Balaban J connectivity index is 2.34. The molecule has 0 spiro atoms. The third kappa shape index (κ3) is 4.23. The monoisotopic (exact) mass is 213 g/mol. The lowest BCUT2D eigenvalue weighted by atomic mass is 10.2. The van der Waals surface area contributed by atoms with Gasteiger partial charge in [0, 0.05) is 6.42 Å². The number of carbonyl (C=O) groups is 1. The fourth-order valence-electron chi connectivity index (χ4n) is 1.34. The lowest BCUT2D eigenvalue weighted by Gasteiger charge is -2.20. The van der Waals surface area contributed by atoms with Crippen molar-refractivity contribution in [2.75, 3.05) is 6.61 Å². The summed E-state index contributed by atoms with van der Waals surface area (Å²) in [5, 5.41) is 2.77. The van der Waals surface area contributed by atoms with Gasteiger partial charge in [-0.25, -0.2) is 4.79 Å². The maximum Gasteiger partial charge on any atom is 0.408 e.